The fourth-order valence-electron chi connectivity index (χ4n) is 3.94. The number of guanidine groups is 1. The van der Waals surface area contributed by atoms with E-state index in [4.69, 9.17) is 9.73 Å². The number of nitrogens with one attached hydrogen (secondary N) is 1. The van der Waals surface area contributed by atoms with Gasteiger partial charge in [-0.05, 0) is 51.4 Å². The molecule has 1 N–H and O–H groups in total. The van der Waals surface area contributed by atoms with E-state index in [-0.39, 0.29) is 24.0 Å². The standard InChI is InChI=1S/C20H38N4O2.HI/c1-4-18(24-13-6-7-19(24)25)8-12-22-20(21-5-2)23(3)14-9-17-10-15-26-16-11-17;/h17-18H,4-16H2,1-3H3,(H,21,22);1H. The van der Waals surface area contributed by atoms with Crippen LogP contribution in [-0.2, 0) is 9.53 Å². The van der Waals surface area contributed by atoms with Crippen molar-refractivity contribution in [3.8, 4) is 0 Å². The van der Waals surface area contributed by atoms with E-state index in [1.54, 1.807) is 0 Å². The first-order valence-corrected chi connectivity index (χ1v) is 10.5. The Labute approximate surface area is 182 Å². The maximum absolute atomic E-state index is 12.0. The van der Waals surface area contributed by atoms with Crippen molar-refractivity contribution >= 4 is 35.8 Å². The second-order valence-electron chi connectivity index (χ2n) is 7.54. The van der Waals surface area contributed by atoms with Gasteiger partial charge in [-0.15, -0.1) is 24.0 Å². The number of amides is 1. The van der Waals surface area contributed by atoms with Gasteiger partial charge in [0, 0.05) is 58.9 Å². The van der Waals surface area contributed by atoms with E-state index in [1.165, 1.54) is 19.3 Å². The van der Waals surface area contributed by atoms with Crippen LogP contribution in [0.2, 0.25) is 0 Å². The van der Waals surface area contributed by atoms with Gasteiger partial charge in [-0.1, -0.05) is 6.92 Å². The lowest BCUT2D eigenvalue weighted by Crippen LogP contribution is -2.40. The number of nitrogens with zero attached hydrogens (tertiary/aromatic N) is 3. The highest BCUT2D eigenvalue weighted by Crippen LogP contribution is 2.19. The highest BCUT2D eigenvalue weighted by molar-refractivity contribution is 14.0. The van der Waals surface area contributed by atoms with Crippen molar-refractivity contribution in [1.29, 1.82) is 0 Å². The molecule has 2 aliphatic rings. The molecule has 0 aromatic carbocycles. The molecule has 1 amide bonds. The van der Waals surface area contributed by atoms with Gasteiger partial charge in [-0.2, -0.15) is 0 Å². The van der Waals surface area contributed by atoms with Crippen LogP contribution in [0.3, 0.4) is 0 Å². The lowest BCUT2D eigenvalue weighted by molar-refractivity contribution is -0.129. The molecule has 2 heterocycles. The van der Waals surface area contributed by atoms with Gasteiger partial charge in [0.15, 0.2) is 5.96 Å². The van der Waals surface area contributed by atoms with E-state index in [2.05, 4.69) is 36.0 Å². The van der Waals surface area contributed by atoms with Crippen LogP contribution in [0.1, 0.15) is 58.8 Å². The highest BCUT2D eigenvalue weighted by Gasteiger charge is 2.26. The molecule has 158 valence electrons. The summed E-state index contributed by atoms with van der Waals surface area (Å²) in [5.41, 5.74) is 0. The monoisotopic (exact) mass is 494 g/mol. The minimum absolute atomic E-state index is 0. The van der Waals surface area contributed by atoms with Crippen molar-refractivity contribution in [1.82, 2.24) is 15.1 Å². The van der Waals surface area contributed by atoms with Crippen LogP contribution >= 0.6 is 24.0 Å². The summed E-state index contributed by atoms with van der Waals surface area (Å²) in [6.45, 7) is 9.70. The zero-order valence-corrected chi connectivity index (χ0v) is 19.7. The maximum atomic E-state index is 12.0. The Morgan fingerprint density at radius 3 is 2.70 bits per heavy atom. The molecule has 2 aliphatic heterocycles. The average molecular weight is 494 g/mol. The number of carbonyl (C=O) groups is 1. The van der Waals surface area contributed by atoms with E-state index < -0.39 is 0 Å². The van der Waals surface area contributed by atoms with Crippen molar-refractivity contribution < 1.29 is 9.53 Å². The summed E-state index contributed by atoms with van der Waals surface area (Å²) in [4.78, 5) is 21.1. The lowest BCUT2D eigenvalue weighted by atomic mass is 9.96. The zero-order valence-electron chi connectivity index (χ0n) is 17.4. The van der Waals surface area contributed by atoms with Crippen molar-refractivity contribution in [3.05, 3.63) is 0 Å². The average Bonchev–Trinajstić information content (AvgIpc) is 3.09. The molecule has 2 saturated heterocycles. The molecular formula is C20H39IN4O2. The predicted octanol–water partition coefficient (Wildman–Crippen LogP) is 3.11. The molecule has 1 unspecified atom stereocenters. The Hall–Kier alpha value is -0.570. The first-order valence-electron chi connectivity index (χ1n) is 10.5. The number of ether oxygens (including phenoxy) is 1. The summed E-state index contributed by atoms with van der Waals surface area (Å²) in [5, 5.41) is 3.41. The molecule has 0 radical (unpaired) electrons. The fourth-order valence-corrected chi connectivity index (χ4v) is 3.94. The van der Waals surface area contributed by atoms with Crippen LogP contribution < -0.4 is 5.32 Å². The number of likely N-dealkylation sites (tertiary alicyclic amines) is 1. The molecular weight excluding hydrogens is 455 g/mol. The van der Waals surface area contributed by atoms with Crippen molar-refractivity contribution in [2.45, 2.75) is 64.8 Å². The smallest absolute Gasteiger partial charge is 0.222 e. The van der Waals surface area contributed by atoms with Gasteiger partial charge < -0.3 is 19.9 Å². The van der Waals surface area contributed by atoms with E-state index in [9.17, 15) is 4.79 Å². The Morgan fingerprint density at radius 1 is 1.37 bits per heavy atom. The SMILES string of the molecule is CCNC(=NCCC(CC)N1CCCC1=O)N(C)CCC1CCOCC1.I. The van der Waals surface area contributed by atoms with E-state index in [0.717, 1.165) is 77.0 Å². The maximum Gasteiger partial charge on any atom is 0.222 e. The number of hydrogen-bond acceptors (Lipinski definition) is 3. The summed E-state index contributed by atoms with van der Waals surface area (Å²) in [6, 6.07) is 0.337. The summed E-state index contributed by atoms with van der Waals surface area (Å²) < 4.78 is 5.45. The topological polar surface area (TPSA) is 57.2 Å². The first-order chi connectivity index (χ1) is 12.7. The van der Waals surface area contributed by atoms with E-state index in [1.807, 2.05) is 0 Å². The van der Waals surface area contributed by atoms with E-state index in [0.29, 0.717) is 11.9 Å². The molecule has 0 spiro atoms. The van der Waals surface area contributed by atoms with Gasteiger partial charge in [-0.3, -0.25) is 9.79 Å². The minimum atomic E-state index is 0. The lowest BCUT2D eigenvalue weighted by Gasteiger charge is -2.28. The molecule has 6 nitrogen and oxygen atoms in total. The molecule has 0 saturated carbocycles. The Kier molecular flexibility index (Phi) is 12.3. The van der Waals surface area contributed by atoms with Crippen molar-refractivity contribution in [3.63, 3.8) is 0 Å². The second kappa shape index (κ2) is 13.6. The Bertz CT molecular complexity index is 455. The normalized spacial score (nSPS) is 19.7. The first kappa shape index (κ1) is 24.5. The van der Waals surface area contributed by atoms with Crippen LogP contribution in [0, 0.1) is 5.92 Å². The third-order valence-corrected chi connectivity index (χ3v) is 5.66. The van der Waals surface area contributed by atoms with Crippen LogP contribution in [-0.4, -0.2) is 74.1 Å². The molecule has 0 bridgehead atoms. The molecule has 1 atom stereocenters. The van der Waals surface area contributed by atoms with Gasteiger partial charge >= 0.3 is 0 Å². The summed E-state index contributed by atoms with van der Waals surface area (Å²) in [7, 11) is 2.13. The fraction of sp³-hybridized carbons (Fsp3) is 0.900. The molecule has 27 heavy (non-hydrogen) atoms. The third-order valence-electron chi connectivity index (χ3n) is 5.66. The molecule has 7 heteroatoms. The number of rotatable bonds is 9. The van der Waals surface area contributed by atoms with Gasteiger partial charge in [-0.25, -0.2) is 0 Å². The number of hydrogen-bond donors (Lipinski definition) is 1. The predicted molar refractivity (Wildman–Crippen MR) is 122 cm³/mol. The number of aliphatic imine (C=N–C) groups is 1. The van der Waals surface area contributed by atoms with Gasteiger partial charge in [0.25, 0.3) is 0 Å². The van der Waals surface area contributed by atoms with Crippen LogP contribution in [0.25, 0.3) is 0 Å². The van der Waals surface area contributed by atoms with Crippen molar-refractivity contribution in [2.24, 2.45) is 10.9 Å². The van der Waals surface area contributed by atoms with Crippen LogP contribution in [0.5, 0.6) is 0 Å². The van der Waals surface area contributed by atoms with Crippen LogP contribution in [0.15, 0.2) is 4.99 Å². The van der Waals surface area contributed by atoms with Crippen molar-refractivity contribution in [2.75, 3.05) is 46.4 Å². The summed E-state index contributed by atoms with van der Waals surface area (Å²) >= 11 is 0. The third kappa shape index (κ3) is 8.13. The van der Waals surface area contributed by atoms with Gasteiger partial charge in [0.05, 0.1) is 0 Å². The number of carbonyl (C=O) groups excluding carboxylic acids is 1. The Morgan fingerprint density at radius 2 is 2.11 bits per heavy atom. The highest BCUT2D eigenvalue weighted by atomic mass is 127. The minimum Gasteiger partial charge on any atom is -0.381 e. The summed E-state index contributed by atoms with van der Waals surface area (Å²) in [6.07, 6.45) is 7.26. The molecule has 0 aliphatic carbocycles. The zero-order chi connectivity index (χ0) is 18.8. The molecule has 2 rings (SSSR count). The van der Waals surface area contributed by atoms with Gasteiger partial charge in [0.2, 0.25) is 5.91 Å². The second-order valence-corrected chi connectivity index (χ2v) is 7.54. The largest absolute Gasteiger partial charge is 0.381 e. The molecule has 2 fully saturated rings. The number of halogens is 1. The quantitative estimate of drug-likeness (QED) is 0.304. The molecule has 0 aromatic heterocycles. The Balaban J connectivity index is 0.00000364. The van der Waals surface area contributed by atoms with Gasteiger partial charge in [0.1, 0.15) is 0 Å². The van der Waals surface area contributed by atoms with Crippen LogP contribution in [0.4, 0.5) is 0 Å². The van der Waals surface area contributed by atoms with E-state index >= 15 is 0 Å². The molecule has 0 aromatic rings. The summed E-state index contributed by atoms with van der Waals surface area (Å²) in [5.74, 6) is 2.09.